The summed E-state index contributed by atoms with van der Waals surface area (Å²) in [5.74, 6) is 1.38. The molecule has 1 heterocycles. The number of carbonyl (C=O) groups excluding carboxylic acids is 1. The Morgan fingerprint density at radius 3 is 2.79 bits per heavy atom. The van der Waals surface area contributed by atoms with Crippen molar-refractivity contribution in [1.82, 2.24) is 15.3 Å². The van der Waals surface area contributed by atoms with Crippen LogP contribution in [0, 0.1) is 0 Å². The van der Waals surface area contributed by atoms with Crippen LogP contribution in [0.15, 0.2) is 71.2 Å². The minimum Gasteiger partial charge on any atom is -0.497 e. The van der Waals surface area contributed by atoms with Crippen LogP contribution in [0.2, 0.25) is 0 Å². The summed E-state index contributed by atoms with van der Waals surface area (Å²) in [4.78, 5) is 20.2. The summed E-state index contributed by atoms with van der Waals surface area (Å²) >= 11 is 1.61. The number of nitrogens with one attached hydrogen (secondary N) is 2. The number of allylic oxidation sites excluding steroid dienone is 2. The number of amides is 1. The van der Waals surface area contributed by atoms with Crippen LogP contribution in [0.3, 0.4) is 0 Å². The lowest BCUT2D eigenvalue weighted by atomic mass is 10.1. The molecule has 1 amide bonds. The molecule has 0 atom stereocenters. The van der Waals surface area contributed by atoms with Crippen molar-refractivity contribution >= 4 is 28.7 Å². The third kappa shape index (κ3) is 3.89. The Morgan fingerprint density at radius 1 is 1.25 bits per heavy atom. The van der Waals surface area contributed by atoms with Crippen LogP contribution < -0.4 is 15.8 Å². The number of rotatable bonds is 6. The summed E-state index contributed by atoms with van der Waals surface area (Å²) in [7, 11) is 1.64. The van der Waals surface area contributed by atoms with E-state index in [4.69, 9.17) is 10.5 Å². The summed E-state index contributed by atoms with van der Waals surface area (Å²) in [6.45, 7) is 0. The number of nitrogens with zero attached hydrogens (tertiary/aromatic N) is 1. The van der Waals surface area contributed by atoms with Crippen molar-refractivity contribution in [3.63, 3.8) is 0 Å². The normalized spacial score (nSPS) is 13.3. The smallest absolute Gasteiger partial charge is 0.255 e. The first-order valence-corrected chi connectivity index (χ1v) is 9.84. The Hall–Kier alpha value is -3.19. The highest BCUT2D eigenvalue weighted by molar-refractivity contribution is 7.98. The Bertz CT molecular complexity index is 1080. The number of hydrogen-bond acceptors (Lipinski definition) is 5. The molecule has 4 rings (SSSR count). The number of H-pyrrole nitrogens is 1. The summed E-state index contributed by atoms with van der Waals surface area (Å²) in [5, 5.41) is 3.69. The van der Waals surface area contributed by atoms with Crippen LogP contribution in [-0.2, 0) is 5.75 Å². The summed E-state index contributed by atoms with van der Waals surface area (Å²) in [6, 6.07) is 13.3. The molecule has 0 bridgehead atoms. The predicted octanol–water partition coefficient (Wildman–Crippen LogP) is 3.72. The van der Waals surface area contributed by atoms with Gasteiger partial charge in [-0.15, -0.1) is 0 Å². The first kappa shape index (κ1) is 18.2. The van der Waals surface area contributed by atoms with Crippen molar-refractivity contribution in [3.05, 3.63) is 77.1 Å². The highest BCUT2D eigenvalue weighted by Gasteiger charge is 2.12. The molecule has 0 aliphatic heterocycles. The summed E-state index contributed by atoms with van der Waals surface area (Å²) < 4.78 is 5.23. The van der Waals surface area contributed by atoms with Crippen molar-refractivity contribution in [2.45, 2.75) is 17.3 Å². The second kappa shape index (κ2) is 7.82. The number of carbonyl (C=O) groups is 1. The predicted molar refractivity (Wildman–Crippen MR) is 111 cm³/mol. The number of aromatic nitrogens is 2. The third-order valence-corrected chi connectivity index (χ3v) is 5.42. The standard InChI is InChI=1S/C21H20N4O2S/c1-27-15-9-10-18-19(11-15)25-21(24-18)28-12-13-5-7-14(8-6-13)20(26)23-17-4-2-3-16(17)22/h3-11H,2,12,22H2,1H3,(H,23,26)(H,24,25). The first-order chi connectivity index (χ1) is 13.6. The molecule has 0 unspecified atom stereocenters. The summed E-state index contributed by atoms with van der Waals surface area (Å²) in [5.41, 5.74) is 10.7. The Morgan fingerprint density at radius 2 is 2.07 bits per heavy atom. The highest BCUT2D eigenvalue weighted by Crippen LogP contribution is 2.25. The van der Waals surface area contributed by atoms with Gasteiger partial charge in [0.1, 0.15) is 5.75 Å². The lowest BCUT2D eigenvalue weighted by molar-refractivity contribution is 0.0966. The van der Waals surface area contributed by atoms with Gasteiger partial charge in [0.25, 0.3) is 5.91 Å². The van der Waals surface area contributed by atoms with Crippen molar-refractivity contribution in [3.8, 4) is 5.75 Å². The zero-order valence-corrected chi connectivity index (χ0v) is 16.2. The molecule has 4 N–H and O–H groups in total. The van der Waals surface area contributed by atoms with Gasteiger partial charge in [-0.2, -0.15) is 0 Å². The molecule has 7 heteroatoms. The topological polar surface area (TPSA) is 93.0 Å². The van der Waals surface area contributed by atoms with E-state index in [1.165, 1.54) is 0 Å². The van der Waals surface area contributed by atoms with Gasteiger partial charge in [-0.25, -0.2) is 4.98 Å². The van der Waals surface area contributed by atoms with Gasteiger partial charge >= 0.3 is 0 Å². The van der Waals surface area contributed by atoms with E-state index in [-0.39, 0.29) is 5.91 Å². The van der Waals surface area contributed by atoms with E-state index < -0.39 is 0 Å². The van der Waals surface area contributed by atoms with Crippen LogP contribution in [0.4, 0.5) is 0 Å². The van der Waals surface area contributed by atoms with Gasteiger partial charge in [0.2, 0.25) is 0 Å². The number of nitrogens with two attached hydrogens (primary N) is 1. The van der Waals surface area contributed by atoms with Crippen molar-refractivity contribution in [1.29, 1.82) is 0 Å². The van der Waals surface area contributed by atoms with Crippen molar-refractivity contribution in [2.75, 3.05) is 7.11 Å². The minimum atomic E-state index is -0.157. The fourth-order valence-electron chi connectivity index (χ4n) is 2.91. The van der Waals surface area contributed by atoms with Gasteiger partial charge < -0.3 is 20.8 Å². The second-order valence-electron chi connectivity index (χ2n) is 6.38. The monoisotopic (exact) mass is 392 g/mol. The lowest BCUT2D eigenvalue weighted by Crippen LogP contribution is -2.24. The molecule has 0 saturated heterocycles. The maximum Gasteiger partial charge on any atom is 0.255 e. The Balaban J connectivity index is 1.38. The minimum absolute atomic E-state index is 0.157. The summed E-state index contributed by atoms with van der Waals surface area (Å²) in [6.07, 6.45) is 4.54. The van der Waals surface area contributed by atoms with Crippen LogP contribution in [0.25, 0.3) is 11.0 Å². The average molecular weight is 392 g/mol. The van der Waals surface area contributed by atoms with Crippen LogP contribution in [-0.4, -0.2) is 23.0 Å². The second-order valence-corrected chi connectivity index (χ2v) is 7.34. The number of imidazole rings is 1. The third-order valence-electron chi connectivity index (χ3n) is 4.48. The molecule has 1 aliphatic carbocycles. The maximum atomic E-state index is 12.3. The highest BCUT2D eigenvalue weighted by atomic mass is 32.2. The molecule has 142 valence electrons. The number of ether oxygens (including phenoxy) is 1. The number of aromatic amines is 1. The van der Waals surface area contributed by atoms with Gasteiger partial charge in [-0.3, -0.25) is 4.79 Å². The van der Waals surface area contributed by atoms with Gasteiger partial charge in [-0.1, -0.05) is 36.0 Å². The molecule has 6 nitrogen and oxygen atoms in total. The molecule has 0 radical (unpaired) electrons. The number of benzene rings is 2. The number of thioether (sulfide) groups is 1. The molecule has 3 aromatic rings. The first-order valence-electron chi connectivity index (χ1n) is 8.85. The molecule has 1 aromatic heterocycles. The number of hydrogen-bond donors (Lipinski definition) is 3. The molecule has 28 heavy (non-hydrogen) atoms. The largest absolute Gasteiger partial charge is 0.497 e. The average Bonchev–Trinajstić information content (AvgIpc) is 3.31. The maximum absolute atomic E-state index is 12.3. The van der Waals surface area contributed by atoms with E-state index in [0.29, 0.717) is 17.0 Å². The van der Waals surface area contributed by atoms with E-state index >= 15 is 0 Å². The van der Waals surface area contributed by atoms with E-state index in [9.17, 15) is 4.79 Å². The van der Waals surface area contributed by atoms with E-state index in [2.05, 4.69) is 15.3 Å². The Kier molecular flexibility index (Phi) is 5.08. The van der Waals surface area contributed by atoms with E-state index in [1.54, 1.807) is 18.9 Å². The quantitative estimate of drug-likeness (QED) is 0.556. The lowest BCUT2D eigenvalue weighted by Gasteiger charge is -2.08. The van der Waals surface area contributed by atoms with Gasteiger partial charge in [0.15, 0.2) is 5.16 Å². The number of methoxy groups -OCH3 is 1. The fourth-order valence-corrected chi connectivity index (χ4v) is 3.75. The molecule has 1 aliphatic rings. The molecule has 0 saturated carbocycles. The van der Waals surface area contributed by atoms with Crippen LogP contribution in [0.5, 0.6) is 5.75 Å². The number of fused-ring (bicyclic) bond motifs is 1. The fraction of sp³-hybridized carbons (Fsp3) is 0.143. The van der Waals surface area contributed by atoms with Crippen molar-refractivity contribution < 1.29 is 9.53 Å². The molecular formula is C21H20N4O2S. The molecular weight excluding hydrogens is 372 g/mol. The van der Waals surface area contributed by atoms with Gasteiger partial charge in [0, 0.05) is 17.4 Å². The van der Waals surface area contributed by atoms with Gasteiger partial charge in [-0.05, 0) is 36.2 Å². The molecule has 0 spiro atoms. The Labute approximate surface area is 166 Å². The van der Waals surface area contributed by atoms with E-state index in [1.807, 2.05) is 54.6 Å². The zero-order valence-electron chi connectivity index (χ0n) is 15.4. The SMILES string of the molecule is COc1ccc2[nH]c(SCc3ccc(C(=O)NC4=CCC=C4N)cc3)nc2c1. The molecule has 0 fully saturated rings. The van der Waals surface area contributed by atoms with Crippen molar-refractivity contribution in [2.24, 2.45) is 5.73 Å². The zero-order chi connectivity index (χ0) is 19.5. The van der Waals surface area contributed by atoms with Crippen LogP contribution in [0.1, 0.15) is 22.3 Å². The van der Waals surface area contributed by atoms with E-state index in [0.717, 1.165) is 39.7 Å². The van der Waals surface area contributed by atoms with Gasteiger partial charge in [0.05, 0.1) is 29.5 Å². The molecule has 2 aromatic carbocycles. The van der Waals surface area contributed by atoms with Crippen LogP contribution >= 0.6 is 11.8 Å².